The predicted molar refractivity (Wildman–Crippen MR) is 159 cm³/mol. The second-order valence-corrected chi connectivity index (χ2v) is 16.6. The molecule has 0 spiro atoms. The van der Waals surface area contributed by atoms with E-state index in [0.29, 0.717) is 19.3 Å². The lowest BCUT2D eigenvalue weighted by molar-refractivity contribution is -0.135. The van der Waals surface area contributed by atoms with Crippen LogP contribution in [0.25, 0.3) is 0 Å². The van der Waals surface area contributed by atoms with Gasteiger partial charge < -0.3 is 0 Å². The minimum Gasteiger partial charge on any atom is -0.295 e. The Hall–Kier alpha value is -2.33. The van der Waals surface area contributed by atoms with Gasteiger partial charge in [-0.05, 0) is 112 Å². The molecule has 3 saturated carbocycles. The van der Waals surface area contributed by atoms with Crippen molar-refractivity contribution in [2.75, 3.05) is 0 Å². The topological polar surface area (TPSA) is 104 Å². The van der Waals surface area contributed by atoms with Gasteiger partial charge in [-0.15, -0.1) is 0 Å². The van der Waals surface area contributed by atoms with Crippen molar-refractivity contribution in [3.8, 4) is 0 Å². The average Bonchev–Trinajstić information content (AvgIpc) is 3.25. The summed E-state index contributed by atoms with van der Waals surface area (Å²) < 4.78 is 63.9. The minimum atomic E-state index is -3.93. The number of carbonyl (C=O) groups excluding carboxylic acids is 1. The van der Waals surface area contributed by atoms with Crippen molar-refractivity contribution in [3.63, 3.8) is 0 Å². The van der Waals surface area contributed by atoms with Gasteiger partial charge in [0.25, 0.3) is 20.2 Å². The largest absolute Gasteiger partial charge is 0.297 e. The first-order valence-corrected chi connectivity index (χ1v) is 17.8. The Morgan fingerprint density at radius 1 is 0.714 bits per heavy atom. The lowest BCUT2D eigenvalue weighted by Crippen LogP contribution is -2.54. The monoisotopic (exact) mass is 612 g/mol. The highest BCUT2D eigenvalue weighted by Gasteiger charge is 2.62. The molecule has 0 heterocycles. The fourth-order valence-corrected chi connectivity index (χ4v) is 10.7. The third kappa shape index (κ3) is 5.00. The molecular formula is C33H40O7S2. The zero-order valence-electron chi connectivity index (χ0n) is 24.7. The molecule has 2 aromatic carbocycles. The summed E-state index contributed by atoms with van der Waals surface area (Å²) >= 11 is 0. The lowest BCUT2D eigenvalue weighted by atomic mass is 9.47. The van der Waals surface area contributed by atoms with E-state index in [0.717, 1.165) is 42.4 Å². The third-order valence-electron chi connectivity index (χ3n) is 10.9. The summed E-state index contributed by atoms with van der Waals surface area (Å²) in [5.41, 5.74) is 2.30. The Kier molecular flexibility index (Phi) is 7.36. The van der Waals surface area contributed by atoms with E-state index in [-0.39, 0.29) is 38.7 Å². The highest BCUT2D eigenvalue weighted by atomic mass is 32.2. The molecule has 42 heavy (non-hydrogen) atoms. The number of aryl methyl sites for hydroxylation is 2. The van der Waals surface area contributed by atoms with Crippen molar-refractivity contribution < 1.29 is 30.0 Å². The van der Waals surface area contributed by atoms with Crippen molar-refractivity contribution >= 4 is 26.0 Å². The Labute approximate surface area is 249 Å². The molecular weight excluding hydrogens is 572 g/mol. The number of fused-ring (bicyclic) bond motifs is 5. The zero-order chi connectivity index (χ0) is 30.1. The van der Waals surface area contributed by atoms with E-state index in [4.69, 9.17) is 8.37 Å². The number of ketones is 1. The van der Waals surface area contributed by atoms with Gasteiger partial charge in [-0.1, -0.05) is 54.8 Å². The van der Waals surface area contributed by atoms with Crippen LogP contribution in [0, 0.1) is 42.4 Å². The molecule has 2 aromatic rings. The maximum absolute atomic E-state index is 13.8. The third-order valence-corrected chi connectivity index (χ3v) is 13.6. The van der Waals surface area contributed by atoms with Crippen LogP contribution in [0.4, 0.5) is 0 Å². The Balaban J connectivity index is 1.20. The first-order valence-electron chi connectivity index (χ1n) is 15.0. The van der Waals surface area contributed by atoms with Crippen molar-refractivity contribution in [1.82, 2.24) is 0 Å². The van der Waals surface area contributed by atoms with E-state index in [1.54, 1.807) is 54.6 Å². The van der Waals surface area contributed by atoms with Gasteiger partial charge in [-0.25, -0.2) is 0 Å². The van der Waals surface area contributed by atoms with E-state index in [1.165, 1.54) is 0 Å². The molecule has 7 nitrogen and oxygen atoms in total. The molecule has 226 valence electrons. The fourth-order valence-electron chi connectivity index (χ4n) is 8.41. The Morgan fingerprint density at radius 3 is 1.88 bits per heavy atom. The fraction of sp³-hybridized carbons (Fsp3) is 0.545. The van der Waals surface area contributed by atoms with Gasteiger partial charge in [0.1, 0.15) is 0 Å². The summed E-state index contributed by atoms with van der Waals surface area (Å²) in [6, 6.07) is 13.3. The SMILES string of the molecule is Cc1ccc(S(=O)(=O)O[C@H]2CC[C@@]3(C)C(=CC(=O)[C@H]4[C@@H]5CC[C@H](OS(=O)(=O)c6ccc(C)cc6)[C@@]5(C)CC[C@@H]43)C2)cc1. The summed E-state index contributed by atoms with van der Waals surface area (Å²) in [7, 11) is -7.84. The molecule has 4 aliphatic rings. The Bertz CT molecular complexity index is 1630. The molecule has 0 aromatic heterocycles. The van der Waals surface area contributed by atoms with Gasteiger partial charge >= 0.3 is 0 Å². The van der Waals surface area contributed by atoms with Gasteiger partial charge in [-0.2, -0.15) is 16.8 Å². The molecule has 0 unspecified atom stereocenters. The van der Waals surface area contributed by atoms with Gasteiger partial charge in [-0.3, -0.25) is 13.2 Å². The second-order valence-electron chi connectivity index (χ2n) is 13.4. The van der Waals surface area contributed by atoms with Crippen molar-refractivity contribution in [1.29, 1.82) is 0 Å². The van der Waals surface area contributed by atoms with E-state index in [2.05, 4.69) is 13.8 Å². The molecule has 6 rings (SSSR count). The van der Waals surface area contributed by atoms with E-state index in [1.807, 2.05) is 13.8 Å². The van der Waals surface area contributed by atoms with E-state index < -0.39 is 37.9 Å². The van der Waals surface area contributed by atoms with Crippen molar-refractivity contribution in [2.45, 2.75) is 94.6 Å². The van der Waals surface area contributed by atoms with E-state index in [9.17, 15) is 21.6 Å². The van der Waals surface area contributed by atoms with Crippen LogP contribution < -0.4 is 0 Å². The predicted octanol–water partition coefficient (Wildman–Crippen LogP) is 6.29. The highest BCUT2D eigenvalue weighted by Crippen LogP contribution is 2.65. The number of carbonyl (C=O) groups is 1. The number of rotatable bonds is 6. The molecule has 4 aliphatic carbocycles. The van der Waals surface area contributed by atoms with Crippen molar-refractivity contribution in [3.05, 3.63) is 71.3 Å². The molecule has 0 radical (unpaired) electrons. The van der Waals surface area contributed by atoms with Crippen LogP contribution in [0.1, 0.15) is 69.9 Å². The van der Waals surface area contributed by atoms with E-state index >= 15 is 0 Å². The summed E-state index contributed by atoms with van der Waals surface area (Å²) in [5, 5.41) is 0. The standard InChI is InChI=1S/C33H40O7S2/c1-21-5-9-25(10-6-21)41(35,36)39-24-15-17-32(3)23(19-24)20-29(34)31-27-13-14-30(33(27,4)18-16-28(31)32)40-42(37,38)26-11-7-22(2)8-12-26/h5-12,20,24,27-28,30-31H,13-19H2,1-4H3/t24-,27-,28-,30-,31-,32-,33-/m0/s1. The highest BCUT2D eigenvalue weighted by molar-refractivity contribution is 7.87. The maximum atomic E-state index is 13.8. The summed E-state index contributed by atoms with van der Waals surface area (Å²) in [5.74, 6) is 0.0482. The van der Waals surface area contributed by atoms with Crippen LogP contribution in [-0.2, 0) is 33.4 Å². The van der Waals surface area contributed by atoms with Crippen LogP contribution in [0.2, 0.25) is 0 Å². The number of benzene rings is 2. The average molecular weight is 613 g/mol. The molecule has 3 fully saturated rings. The second kappa shape index (κ2) is 10.4. The lowest BCUT2D eigenvalue weighted by Gasteiger charge is -2.56. The quantitative estimate of drug-likeness (QED) is 0.353. The molecule has 0 bridgehead atoms. The van der Waals surface area contributed by atoms with Gasteiger partial charge in [0, 0.05) is 5.92 Å². The molecule has 0 N–H and O–H groups in total. The van der Waals surface area contributed by atoms with Crippen molar-refractivity contribution in [2.24, 2.45) is 28.6 Å². The van der Waals surface area contributed by atoms with Crippen LogP contribution in [0.5, 0.6) is 0 Å². The summed E-state index contributed by atoms with van der Waals surface area (Å²) in [4.78, 5) is 14.1. The minimum absolute atomic E-state index is 0.0347. The summed E-state index contributed by atoms with van der Waals surface area (Å²) in [6.45, 7) is 8.14. The van der Waals surface area contributed by atoms with Crippen LogP contribution in [0.15, 0.2) is 70.0 Å². The molecule has 0 amide bonds. The van der Waals surface area contributed by atoms with Crippen LogP contribution in [0.3, 0.4) is 0 Å². The smallest absolute Gasteiger partial charge is 0.295 e. The van der Waals surface area contributed by atoms with Crippen LogP contribution >= 0.6 is 0 Å². The molecule has 0 aliphatic heterocycles. The van der Waals surface area contributed by atoms with Gasteiger partial charge in [0.05, 0.1) is 22.0 Å². The first kappa shape index (κ1) is 29.7. The van der Waals surface area contributed by atoms with Gasteiger partial charge in [0.2, 0.25) is 0 Å². The van der Waals surface area contributed by atoms with Gasteiger partial charge in [0.15, 0.2) is 5.78 Å². The number of hydrogen-bond donors (Lipinski definition) is 0. The molecule has 0 saturated heterocycles. The Morgan fingerprint density at radius 2 is 1.29 bits per heavy atom. The first-order chi connectivity index (χ1) is 19.7. The normalized spacial score (nSPS) is 34.7. The maximum Gasteiger partial charge on any atom is 0.297 e. The molecule has 7 atom stereocenters. The molecule has 9 heteroatoms. The summed E-state index contributed by atoms with van der Waals surface area (Å²) in [6.07, 6.45) is 5.46. The van der Waals surface area contributed by atoms with Crippen LogP contribution in [-0.4, -0.2) is 34.8 Å². The number of hydrogen-bond acceptors (Lipinski definition) is 7. The zero-order valence-corrected chi connectivity index (χ0v) is 26.3. The number of allylic oxidation sites excluding steroid dienone is 1.